The molecule has 1 heterocycles. The summed E-state index contributed by atoms with van der Waals surface area (Å²) in [7, 11) is 4.60. The summed E-state index contributed by atoms with van der Waals surface area (Å²) in [6, 6.07) is 12.6. The lowest BCUT2D eigenvalue weighted by Crippen LogP contribution is -2.48. The number of allylic oxidation sites excluding steroid dienone is 1. The third kappa shape index (κ3) is 5.20. The number of ether oxygens (including phenoxy) is 5. The number of methoxy groups -OCH3 is 3. The first kappa shape index (κ1) is 28.9. The maximum atomic E-state index is 14.5. The van der Waals surface area contributed by atoms with Crippen LogP contribution in [0, 0.1) is 11.8 Å². The van der Waals surface area contributed by atoms with Gasteiger partial charge in [-0.3, -0.25) is 14.6 Å². The molecule has 0 saturated heterocycles. The lowest BCUT2D eigenvalue weighted by Gasteiger charge is -2.41. The van der Waals surface area contributed by atoms with E-state index in [9.17, 15) is 14.4 Å². The number of carbonyl (C=O) groups excluding carboxylic acids is 3. The van der Waals surface area contributed by atoms with Gasteiger partial charge in [-0.1, -0.05) is 24.3 Å². The second-order valence-electron chi connectivity index (χ2n) is 9.58. The smallest absolute Gasteiger partial charge is 0.336 e. The average Bonchev–Trinajstić information content (AvgIpc) is 2.95. The molecule has 40 heavy (non-hydrogen) atoms. The Morgan fingerprint density at radius 3 is 2.20 bits per heavy atom. The van der Waals surface area contributed by atoms with Gasteiger partial charge in [0.05, 0.1) is 46.0 Å². The van der Waals surface area contributed by atoms with Gasteiger partial charge in [-0.15, -0.1) is 0 Å². The van der Waals surface area contributed by atoms with Crippen LogP contribution in [0.1, 0.15) is 50.2 Å². The van der Waals surface area contributed by atoms with E-state index in [1.54, 1.807) is 58.2 Å². The third-order valence-electron chi connectivity index (χ3n) is 7.50. The Morgan fingerprint density at radius 2 is 1.60 bits per heavy atom. The van der Waals surface area contributed by atoms with Crippen molar-refractivity contribution in [1.82, 2.24) is 0 Å². The topological polar surface area (TPSA) is 110 Å². The van der Waals surface area contributed by atoms with Crippen molar-refractivity contribution in [2.24, 2.45) is 16.8 Å². The molecule has 0 spiro atoms. The summed E-state index contributed by atoms with van der Waals surface area (Å²) in [5.41, 5.74) is 2.66. The summed E-state index contributed by atoms with van der Waals surface area (Å²) in [6.07, 6.45) is 0.322. The molecule has 2 aliphatic rings. The summed E-state index contributed by atoms with van der Waals surface area (Å²) in [4.78, 5) is 46.0. The van der Waals surface area contributed by atoms with Gasteiger partial charge in [-0.2, -0.15) is 0 Å². The van der Waals surface area contributed by atoms with Gasteiger partial charge >= 0.3 is 11.9 Å². The van der Waals surface area contributed by atoms with E-state index in [0.717, 1.165) is 5.56 Å². The molecule has 0 bridgehead atoms. The molecular weight excluding hydrogens is 514 g/mol. The molecule has 4 atom stereocenters. The van der Waals surface area contributed by atoms with Gasteiger partial charge in [0.15, 0.2) is 17.3 Å². The van der Waals surface area contributed by atoms with Crippen LogP contribution in [0.25, 0.3) is 0 Å². The molecule has 212 valence electrons. The molecule has 2 aromatic carbocycles. The monoisotopic (exact) mass is 549 g/mol. The Labute approximate surface area is 234 Å². The van der Waals surface area contributed by atoms with Gasteiger partial charge in [-0.05, 0) is 51.0 Å². The van der Waals surface area contributed by atoms with E-state index < -0.39 is 35.6 Å². The largest absolute Gasteiger partial charge is 0.497 e. The number of hydrogen-bond acceptors (Lipinski definition) is 9. The number of rotatable bonds is 9. The minimum Gasteiger partial charge on any atom is -0.497 e. The van der Waals surface area contributed by atoms with Crippen molar-refractivity contribution in [2.75, 3.05) is 34.5 Å². The molecular formula is C31H35NO8. The number of hydrogen-bond donors (Lipinski definition) is 0. The minimum absolute atomic E-state index is 0.129. The van der Waals surface area contributed by atoms with E-state index in [-0.39, 0.29) is 24.6 Å². The van der Waals surface area contributed by atoms with Crippen molar-refractivity contribution in [3.8, 4) is 17.2 Å². The van der Waals surface area contributed by atoms with Crippen molar-refractivity contribution in [3.05, 3.63) is 64.9 Å². The average molecular weight is 550 g/mol. The fraction of sp³-hybridized carbons (Fsp3) is 0.419. The lowest BCUT2D eigenvalue weighted by atomic mass is 9.62. The summed E-state index contributed by atoms with van der Waals surface area (Å²) < 4.78 is 27.4. The summed E-state index contributed by atoms with van der Waals surface area (Å²) in [6.45, 7) is 5.44. The lowest BCUT2D eigenvalue weighted by molar-refractivity contribution is -0.153. The van der Waals surface area contributed by atoms with Crippen molar-refractivity contribution < 1.29 is 38.1 Å². The molecule has 2 aromatic rings. The number of fused-ring (bicyclic) bond motifs is 1. The second kappa shape index (κ2) is 12.4. The minimum atomic E-state index is -1.10. The number of carbonyl (C=O) groups is 3. The standard InChI is InChI=1S/C31H35NO8/c1-7-39-30(34)24-17(3)32-22-16-21(18-12-14-19(36-4)15-13-18)26(31(35)40-8-2)28(33)27(22)25(24)20-10-9-11-23(37-5)29(20)38-6/h9-15,21,25-27H,7-8,16H2,1-6H3/t21-,25-,26+,27?/m1/s1. The molecule has 0 amide bonds. The van der Waals surface area contributed by atoms with Gasteiger partial charge in [0.25, 0.3) is 0 Å². The Bertz CT molecular complexity index is 1340. The SMILES string of the molecule is CCOC(=O)C1=C(C)N=C2C[C@H](c3ccc(OC)cc3)[C@H](C(=O)OCC)C(=O)C2[C@@H]1c1cccc(OC)c1OC. The van der Waals surface area contributed by atoms with Crippen LogP contribution in [0.2, 0.25) is 0 Å². The highest BCUT2D eigenvalue weighted by Crippen LogP contribution is 2.51. The molecule has 9 nitrogen and oxygen atoms in total. The predicted molar refractivity (Wildman–Crippen MR) is 148 cm³/mol. The van der Waals surface area contributed by atoms with Crippen LogP contribution in [-0.2, 0) is 23.9 Å². The van der Waals surface area contributed by atoms with Gasteiger partial charge in [-0.25, -0.2) is 4.79 Å². The van der Waals surface area contributed by atoms with Crippen LogP contribution in [0.15, 0.2) is 58.7 Å². The van der Waals surface area contributed by atoms with Gasteiger partial charge < -0.3 is 23.7 Å². The summed E-state index contributed by atoms with van der Waals surface area (Å²) >= 11 is 0. The summed E-state index contributed by atoms with van der Waals surface area (Å²) in [5, 5.41) is 0. The Hall–Kier alpha value is -4.14. The highest BCUT2D eigenvalue weighted by Gasteiger charge is 2.53. The third-order valence-corrected chi connectivity index (χ3v) is 7.50. The van der Waals surface area contributed by atoms with E-state index in [2.05, 4.69) is 0 Å². The van der Waals surface area contributed by atoms with Crippen LogP contribution >= 0.6 is 0 Å². The Morgan fingerprint density at radius 1 is 0.900 bits per heavy atom. The second-order valence-corrected chi connectivity index (χ2v) is 9.58. The fourth-order valence-corrected chi connectivity index (χ4v) is 5.81. The number of nitrogens with zero attached hydrogens (tertiary/aromatic N) is 1. The summed E-state index contributed by atoms with van der Waals surface area (Å²) in [5.74, 6) is -3.36. The highest BCUT2D eigenvalue weighted by atomic mass is 16.5. The van der Waals surface area contributed by atoms with Crippen LogP contribution in [0.4, 0.5) is 0 Å². The van der Waals surface area contributed by atoms with Crippen molar-refractivity contribution >= 4 is 23.4 Å². The fourth-order valence-electron chi connectivity index (χ4n) is 5.81. The van der Waals surface area contributed by atoms with Crippen LogP contribution < -0.4 is 14.2 Å². The van der Waals surface area contributed by atoms with E-state index in [1.165, 1.54) is 14.2 Å². The molecule has 1 aliphatic carbocycles. The van der Waals surface area contributed by atoms with Gasteiger partial charge in [0.2, 0.25) is 0 Å². The molecule has 1 saturated carbocycles. The number of esters is 2. The maximum Gasteiger partial charge on any atom is 0.336 e. The highest BCUT2D eigenvalue weighted by molar-refractivity contribution is 6.18. The van der Waals surface area contributed by atoms with Crippen molar-refractivity contribution in [3.63, 3.8) is 0 Å². The zero-order valence-electron chi connectivity index (χ0n) is 23.7. The number of benzene rings is 2. The van der Waals surface area contributed by atoms with Crippen molar-refractivity contribution in [2.45, 2.75) is 39.0 Å². The zero-order chi connectivity index (χ0) is 29.0. The first-order chi connectivity index (χ1) is 19.3. The number of para-hydroxylation sites is 1. The van der Waals surface area contributed by atoms with Crippen LogP contribution in [-0.4, -0.2) is 58.0 Å². The maximum absolute atomic E-state index is 14.5. The Kier molecular flexibility index (Phi) is 8.92. The molecule has 4 rings (SSSR count). The first-order valence-corrected chi connectivity index (χ1v) is 13.3. The van der Waals surface area contributed by atoms with Gasteiger partial charge in [0, 0.05) is 28.8 Å². The normalized spacial score (nSPS) is 22.1. The quantitative estimate of drug-likeness (QED) is 0.329. The van der Waals surface area contributed by atoms with E-state index >= 15 is 0 Å². The van der Waals surface area contributed by atoms with Crippen LogP contribution in [0.5, 0.6) is 17.2 Å². The molecule has 0 radical (unpaired) electrons. The van der Waals surface area contributed by atoms with Gasteiger partial charge in [0.1, 0.15) is 11.7 Å². The molecule has 0 aromatic heterocycles. The zero-order valence-corrected chi connectivity index (χ0v) is 23.7. The molecule has 1 aliphatic heterocycles. The molecule has 0 N–H and O–H groups in total. The molecule has 9 heteroatoms. The van der Waals surface area contributed by atoms with Crippen molar-refractivity contribution in [1.29, 1.82) is 0 Å². The first-order valence-electron chi connectivity index (χ1n) is 13.3. The molecule has 1 fully saturated rings. The van der Waals surface area contributed by atoms with Crippen LogP contribution in [0.3, 0.4) is 0 Å². The number of ketones is 1. The number of aliphatic imine (C=N–C) groups is 1. The van der Waals surface area contributed by atoms with E-state index in [4.69, 9.17) is 28.7 Å². The van der Waals surface area contributed by atoms with E-state index in [0.29, 0.717) is 40.6 Å². The molecule has 1 unspecified atom stereocenters. The Balaban J connectivity index is 1.93. The predicted octanol–water partition coefficient (Wildman–Crippen LogP) is 4.64. The van der Waals surface area contributed by atoms with E-state index in [1.807, 2.05) is 12.1 Å². The number of Topliss-reactive ketones (excluding diaryl/α,β-unsaturated/α-hetero) is 1.